The number of ether oxygens (including phenoxy) is 1. The van der Waals surface area contributed by atoms with Crippen LogP contribution in [0.25, 0.3) is 0 Å². The van der Waals surface area contributed by atoms with Gasteiger partial charge in [0, 0.05) is 19.8 Å². The van der Waals surface area contributed by atoms with Gasteiger partial charge in [0.15, 0.2) is 0 Å². The maximum absolute atomic E-state index is 5.28. The summed E-state index contributed by atoms with van der Waals surface area (Å²) in [6.45, 7) is 8.26. The van der Waals surface area contributed by atoms with Crippen molar-refractivity contribution in [1.82, 2.24) is 20.1 Å². The Kier molecular flexibility index (Phi) is 5.96. The Morgan fingerprint density at radius 3 is 3.07 bits per heavy atom. The molecular weight excluding hydrogens is 192 g/mol. The van der Waals surface area contributed by atoms with Crippen LogP contribution >= 0.6 is 0 Å². The second-order valence-corrected chi connectivity index (χ2v) is 3.23. The first-order valence-corrected chi connectivity index (χ1v) is 5.53. The van der Waals surface area contributed by atoms with Gasteiger partial charge in [-0.05, 0) is 19.9 Å². The standard InChI is InChI=1S/C10H20N4O/c1-3-11-8-10-12-9-13-14(10)6-5-7-15-4-2/h9,11H,3-8H2,1-2H3. The third-order valence-electron chi connectivity index (χ3n) is 2.09. The predicted molar refractivity (Wildman–Crippen MR) is 58.5 cm³/mol. The second-order valence-electron chi connectivity index (χ2n) is 3.23. The van der Waals surface area contributed by atoms with Gasteiger partial charge in [-0.25, -0.2) is 9.67 Å². The number of aromatic nitrogens is 3. The Balaban J connectivity index is 2.29. The largest absolute Gasteiger partial charge is 0.382 e. The van der Waals surface area contributed by atoms with Gasteiger partial charge in [-0.3, -0.25) is 0 Å². The number of rotatable bonds is 8. The van der Waals surface area contributed by atoms with Crippen LogP contribution in [-0.4, -0.2) is 34.5 Å². The highest BCUT2D eigenvalue weighted by Gasteiger charge is 2.02. The second kappa shape index (κ2) is 7.36. The van der Waals surface area contributed by atoms with E-state index in [4.69, 9.17) is 4.74 Å². The molecule has 0 aliphatic heterocycles. The fraction of sp³-hybridized carbons (Fsp3) is 0.800. The zero-order valence-electron chi connectivity index (χ0n) is 9.57. The molecule has 5 nitrogen and oxygen atoms in total. The first kappa shape index (κ1) is 12.1. The highest BCUT2D eigenvalue weighted by Crippen LogP contribution is 1.96. The SMILES string of the molecule is CCNCc1ncnn1CCCOCC. The summed E-state index contributed by atoms with van der Waals surface area (Å²) in [5.74, 6) is 0.994. The first-order valence-electron chi connectivity index (χ1n) is 5.53. The minimum absolute atomic E-state index is 0.779. The third kappa shape index (κ3) is 4.40. The maximum Gasteiger partial charge on any atom is 0.140 e. The molecule has 86 valence electrons. The van der Waals surface area contributed by atoms with Crippen molar-refractivity contribution in [3.8, 4) is 0 Å². The van der Waals surface area contributed by atoms with E-state index >= 15 is 0 Å². The highest BCUT2D eigenvalue weighted by molar-refractivity contribution is 4.83. The normalized spacial score (nSPS) is 10.8. The molecule has 5 heteroatoms. The van der Waals surface area contributed by atoms with Crippen molar-refractivity contribution in [2.45, 2.75) is 33.4 Å². The van der Waals surface area contributed by atoms with Gasteiger partial charge in [-0.1, -0.05) is 6.92 Å². The van der Waals surface area contributed by atoms with E-state index in [-0.39, 0.29) is 0 Å². The van der Waals surface area contributed by atoms with E-state index < -0.39 is 0 Å². The quantitative estimate of drug-likeness (QED) is 0.648. The van der Waals surface area contributed by atoms with E-state index in [1.807, 2.05) is 11.6 Å². The molecule has 0 aromatic carbocycles. The Hall–Kier alpha value is -0.940. The van der Waals surface area contributed by atoms with Gasteiger partial charge >= 0.3 is 0 Å². The maximum atomic E-state index is 5.28. The fourth-order valence-corrected chi connectivity index (χ4v) is 1.31. The molecule has 1 N–H and O–H groups in total. The van der Waals surface area contributed by atoms with Crippen LogP contribution in [0.3, 0.4) is 0 Å². The van der Waals surface area contributed by atoms with Crippen LogP contribution in [0.1, 0.15) is 26.1 Å². The molecule has 1 heterocycles. The average Bonchev–Trinajstić information content (AvgIpc) is 2.69. The Labute approximate surface area is 90.8 Å². The van der Waals surface area contributed by atoms with Crippen molar-refractivity contribution in [3.63, 3.8) is 0 Å². The molecule has 0 aliphatic rings. The van der Waals surface area contributed by atoms with Crippen LogP contribution in [-0.2, 0) is 17.8 Å². The molecule has 0 unspecified atom stereocenters. The fourth-order valence-electron chi connectivity index (χ4n) is 1.31. The minimum Gasteiger partial charge on any atom is -0.382 e. The number of hydrogen-bond donors (Lipinski definition) is 1. The molecule has 0 spiro atoms. The van der Waals surface area contributed by atoms with E-state index in [1.165, 1.54) is 0 Å². The van der Waals surface area contributed by atoms with Gasteiger partial charge in [-0.2, -0.15) is 5.10 Å². The van der Waals surface area contributed by atoms with Gasteiger partial charge in [0.2, 0.25) is 0 Å². The molecule has 1 aromatic heterocycles. The summed E-state index contributed by atoms with van der Waals surface area (Å²) in [5.41, 5.74) is 0. The minimum atomic E-state index is 0.779. The van der Waals surface area contributed by atoms with Crippen molar-refractivity contribution in [2.75, 3.05) is 19.8 Å². The zero-order chi connectivity index (χ0) is 10.9. The van der Waals surface area contributed by atoms with Crippen molar-refractivity contribution in [2.24, 2.45) is 0 Å². The van der Waals surface area contributed by atoms with Crippen LogP contribution in [0.4, 0.5) is 0 Å². The van der Waals surface area contributed by atoms with Gasteiger partial charge in [0.05, 0.1) is 6.54 Å². The lowest BCUT2D eigenvalue weighted by atomic mass is 10.4. The van der Waals surface area contributed by atoms with Crippen LogP contribution in [0.15, 0.2) is 6.33 Å². The van der Waals surface area contributed by atoms with E-state index in [9.17, 15) is 0 Å². The predicted octanol–water partition coefficient (Wildman–Crippen LogP) is 0.814. The Morgan fingerprint density at radius 2 is 2.33 bits per heavy atom. The molecular formula is C10H20N4O. The average molecular weight is 212 g/mol. The molecule has 0 saturated carbocycles. The van der Waals surface area contributed by atoms with Crippen LogP contribution in [0, 0.1) is 0 Å². The lowest BCUT2D eigenvalue weighted by Crippen LogP contribution is -2.17. The molecule has 0 saturated heterocycles. The van der Waals surface area contributed by atoms with E-state index in [1.54, 1.807) is 6.33 Å². The monoisotopic (exact) mass is 212 g/mol. The lowest BCUT2D eigenvalue weighted by Gasteiger charge is -2.06. The molecule has 0 bridgehead atoms. The molecule has 15 heavy (non-hydrogen) atoms. The molecule has 0 atom stereocenters. The van der Waals surface area contributed by atoms with Crippen molar-refractivity contribution < 1.29 is 4.74 Å². The number of nitrogens with zero attached hydrogens (tertiary/aromatic N) is 3. The summed E-state index contributed by atoms with van der Waals surface area (Å²) in [5, 5.41) is 7.41. The number of aryl methyl sites for hydroxylation is 1. The van der Waals surface area contributed by atoms with Gasteiger partial charge in [0.25, 0.3) is 0 Å². The summed E-state index contributed by atoms with van der Waals surface area (Å²) < 4.78 is 7.21. The van der Waals surface area contributed by atoms with Crippen molar-refractivity contribution in [1.29, 1.82) is 0 Å². The summed E-state index contributed by atoms with van der Waals surface area (Å²) in [7, 11) is 0. The van der Waals surface area contributed by atoms with Crippen LogP contribution < -0.4 is 5.32 Å². The topological polar surface area (TPSA) is 52.0 Å². The van der Waals surface area contributed by atoms with Crippen molar-refractivity contribution >= 4 is 0 Å². The van der Waals surface area contributed by atoms with Gasteiger partial charge < -0.3 is 10.1 Å². The molecule has 1 aromatic rings. The Morgan fingerprint density at radius 1 is 1.47 bits per heavy atom. The number of nitrogens with one attached hydrogen (secondary N) is 1. The molecule has 0 aliphatic carbocycles. The smallest absolute Gasteiger partial charge is 0.140 e. The first-order chi connectivity index (χ1) is 7.38. The number of hydrogen-bond acceptors (Lipinski definition) is 4. The van der Waals surface area contributed by atoms with Crippen LogP contribution in [0.5, 0.6) is 0 Å². The molecule has 0 radical (unpaired) electrons. The van der Waals surface area contributed by atoms with Crippen LogP contribution in [0.2, 0.25) is 0 Å². The highest BCUT2D eigenvalue weighted by atomic mass is 16.5. The van der Waals surface area contributed by atoms with Gasteiger partial charge in [0.1, 0.15) is 12.2 Å². The van der Waals surface area contributed by atoms with E-state index in [0.29, 0.717) is 0 Å². The summed E-state index contributed by atoms with van der Waals surface area (Å²) >= 11 is 0. The molecule has 0 amide bonds. The van der Waals surface area contributed by atoms with Gasteiger partial charge in [-0.15, -0.1) is 0 Å². The summed E-state index contributed by atoms with van der Waals surface area (Å²) in [6, 6.07) is 0. The van der Waals surface area contributed by atoms with Crippen molar-refractivity contribution in [3.05, 3.63) is 12.2 Å². The lowest BCUT2D eigenvalue weighted by molar-refractivity contribution is 0.140. The summed E-state index contributed by atoms with van der Waals surface area (Å²) in [4.78, 5) is 4.20. The zero-order valence-corrected chi connectivity index (χ0v) is 9.57. The third-order valence-corrected chi connectivity index (χ3v) is 2.09. The molecule has 0 fully saturated rings. The molecule has 1 rings (SSSR count). The van der Waals surface area contributed by atoms with E-state index in [2.05, 4.69) is 22.3 Å². The summed E-state index contributed by atoms with van der Waals surface area (Å²) in [6.07, 6.45) is 2.59. The van der Waals surface area contributed by atoms with E-state index in [0.717, 1.165) is 45.1 Å². The Bertz CT molecular complexity index is 262.